The van der Waals surface area contributed by atoms with Crippen LogP contribution in [0.2, 0.25) is 0 Å². The molecule has 0 radical (unpaired) electrons. The number of nitrogens with zero attached hydrogens (tertiary/aromatic N) is 3. The lowest BCUT2D eigenvalue weighted by atomic mass is 10.3. The Morgan fingerprint density at radius 3 is 2.82 bits per heavy atom. The third-order valence-corrected chi connectivity index (χ3v) is 2.85. The Morgan fingerprint density at radius 1 is 1.53 bits per heavy atom. The van der Waals surface area contributed by atoms with E-state index in [2.05, 4.69) is 9.97 Å². The van der Waals surface area contributed by atoms with Gasteiger partial charge < -0.3 is 10.0 Å². The van der Waals surface area contributed by atoms with Gasteiger partial charge in [0.1, 0.15) is 11.6 Å². The highest BCUT2D eigenvalue weighted by atomic mass is 16.4. The number of aliphatic carboxylic acids is 1. The van der Waals surface area contributed by atoms with Crippen molar-refractivity contribution >= 4 is 11.8 Å². The van der Waals surface area contributed by atoms with E-state index < -0.39 is 5.97 Å². The van der Waals surface area contributed by atoms with Gasteiger partial charge >= 0.3 is 5.97 Å². The lowest BCUT2D eigenvalue weighted by Crippen LogP contribution is -2.22. The van der Waals surface area contributed by atoms with Crippen LogP contribution in [-0.4, -0.2) is 34.6 Å². The van der Waals surface area contributed by atoms with Gasteiger partial charge in [-0.15, -0.1) is 0 Å². The first-order valence-electron chi connectivity index (χ1n) is 5.85. The molecule has 17 heavy (non-hydrogen) atoms. The topological polar surface area (TPSA) is 66.3 Å². The molecule has 0 bridgehead atoms. The minimum atomic E-state index is -0.787. The predicted octanol–water partition coefficient (Wildman–Crippen LogP) is 1.57. The molecule has 0 atom stereocenters. The molecule has 1 aromatic heterocycles. The van der Waals surface area contributed by atoms with Crippen molar-refractivity contribution in [3.05, 3.63) is 17.6 Å². The van der Waals surface area contributed by atoms with Gasteiger partial charge in [-0.05, 0) is 19.8 Å². The van der Waals surface area contributed by atoms with Crippen LogP contribution in [0.5, 0.6) is 0 Å². The van der Waals surface area contributed by atoms with Crippen molar-refractivity contribution in [2.45, 2.75) is 32.1 Å². The van der Waals surface area contributed by atoms with Gasteiger partial charge in [0, 0.05) is 31.3 Å². The van der Waals surface area contributed by atoms with Crippen LogP contribution in [0.25, 0.3) is 0 Å². The Labute approximate surface area is 100 Å². The van der Waals surface area contributed by atoms with Crippen molar-refractivity contribution in [3.63, 3.8) is 0 Å². The summed E-state index contributed by atoms with van der Waals surface area (Å²) in [7, 11) is 1.86. The Bertz CT molecular complexity index is 430. The van der Waals surface area contributed by atoms with Crippen LogP contribution >= 0.6 is 0 Å². The van der Waals surface area contributed by atoms with E-state index in [0.717, 1.165) is 17.3 Å². The Kier molecular flexibility index (Phi) is 3.26. The summed E-state index contributed by atoms with van der Waals surface area (Å²) in [4.78, 5) is 21.3. The zero-order chi connectivity index (χ0) is 12.4. The fraction of sp³-hybridized carbons (Fsp3) is 0.583. The molecule has 0 saturated heterocycles. The van der Waals surface area contributed by atoms with E-state index in [1.54, 1.807) is 0 Å². The molecule has 0 amide bonds. The molecule has 0 spiro atoms. The summed E-state index contributed by atoms with van der Waals surface area (Å²) in [6.45, 7) is 2.41. The third-order valence-electron chi connectivity index (χ3n) is 2.85. The van der Waals surface area contributed by atoms with Gasteiger partial charge in [0.2, 0.25) is 0 Å². The van der Waals surface area contributed by atoms with Crippen molar-refractivity contribution in [3.8, 4) is 0 Å². The number of rotatable bonds is 5. The highest BCUT2D eigenvalue weighted by Crippen LogP contribution is 2.38. The lowest BCUT2D eigenvalue weighted by molar-refractivity contribution is -0.136. The van der Waals surface area contributed by atoms with Gasteiger partial charge in [-0.3, -0.25) is 4.79 Å². The zero-order valence-corrected chi connectivity index (χ0v) is 10.2. The predicted molar refractivity (Wildman–Crippen MR) is 64.3 cm³/mol. The number of carboxylic acids is 1. The van der Waals surface area contributed by atoms with Crippen molar-refractivity contribution < 1.29 is 9.90 Å². The summed E-state index contributed by atoms with van der Waals surface area (Å²) in [5.74, 6) is 1.45. The summed E-state index contributed by atoms with van der Waals surface area (Å²) >= 11 is 0. The molecule has 5 nitrogen and oxygen atoms in total. The first-order chi connectivity index (χ1) is 8.06. The molecule has 5 heteroatoms. The number of hydrogen-bond donors (Lipinski definition) is 1. The number of aryl methyl sites for hydroxylation is 1. The maximum Gasteiger partial charge on any atom is 0.305 e. The number of carbonyl (C=O) groups is 1. The Morgan fingerprint density at radius 2 is 2.24 bits per heavy atom. The monoisotopic (exact) mass is 235 g/mol. The van der Waals surface area contributed by atoms with Crippen molar-refractivity contribution in [2.75, 3.05) is 18.5 Å². The molecular formula is C12H17N3O2. The van der Waals surface area contributed by atoms with E-state index in [0.29, 0.717) is 12.5 Å². The SMILES string of the molecule is Cc1cc(N(C)CCC(=O)O)nc(C2CC2)n1. The standard InChI is InChI=1S/C12H17N3O2/c1-8-7-10(15(2)6-5-11(16)17)14-12(13-8)9-3-4-9/h7,9H,3-6H2,1-2H3,(H,16,17). The van der Waals surface area contributed by atoms with Gasteiger partial charge in [0.05, 0.1) is 6.42 Å². The van der Waals surface area contributed by atoms with Crippen molar-refractivity contribution in [1.29, 1.82) is 0 Å². The Balaban J connectivity index is 2.10. The summed E-state index contributed by atoms with van der Waals surface area (Å²) < 4.78 is 0. The molecule has 1 N–H and O–H groups in total. The fourth-order valence-corrected chi connectivity index (χ4v) is 1.67. The van der Waals surface area contributed by atoms with Crippen molar-refractivity contribution in [2.24, 2.45) is 0 Å². The van der Waals surface area contributed by atoms with E-state index in [9.17, 15) is 4.79 Å². The molecule has 1 aliphatic carbocycles. The average Bonchev–Trinajstić information content (AvgIpc) is 3.08. The van der Waals surface area contributed by atoms with Crippen LogP contribution in [0, 0.1) is 6.92 Å². The molecule has 1 aliphatic rings. The molecule has 0 aliphatic heterocycles. The molecular weight excluding hydrogens is 218 g/mol. The number of carboxylic acid groups (broad SMARTS) is 1. The minimum Gasteiger partial charge on any atom is -0.481 e. The van der Waals surface area contributed by atoms with Crippen LogP contribution in [0.15, 0.2) is 6.07 Å². The molecule has 1 aromatic rings. The maximum absolute atomic E-state index is 10.5. The second-order valence-electron chi connectivity index (χ2n) is 4.57. The molecule has 92 valence electrons. The van der Waals surface area contributed by atoms with E-state index in [-0.39, 0.29) is 6.42 Å². The second kappa shape index (κ2) is 4.69. The van der Waals surface area contributed by atoms with Crippen LogP contribution in [0.4, 0.5) is 5.82 Å². The van der Waals surface area contributed by atoms with Crippen molar-refractivity contribution in [1.82, 2.24) is 9.97 Å². The van der Waals surface area contributed by atoms with E-state index in [4.69, 9.17) is 5.11 Å². The highest BCUT2D eigenvalue weighted by molar-refractivity contribution is 5.67. The molecule has 1 fully saturated rings. The Hall–Kier alpha value is -1.65. The van der Waals surface area contributed by atoms with Crippen LogP contribution in [0.1, 0.15) is 36.7 Å². The fourth-order valence-electron chi connectivity index (χ4n) is 1.67. The molecule has 2 rings (SSSR count). The maximum atomic E-state index is 10.5. The highest BCUT2D eigenvalue weighted by Gasteiger charge is 2.27. The lowest BCUT2D eigenvalue weighted by Gasteiger charge is -2.18. The van der Waals surface area contributed by atoms with E-state index in [1.807, 2.05) is 24.9 Å². The zero-order valence-electron chi connectivity index (χ0n) is 10.2. The van der Waals surface area contributed by atoms with Crippen LogP contribution in [0.3, 0.4) is 0 Å². The summed E-state index contributed by atoms with van der Waals surface area (Å²) in [5.41, 5.74) is 0.944. The minimum absolute atomic E-state index is 0.123. The number of aromatic nitrogens is 2. The summed E-state index contributed by atoms with van der Waals surface area (Å²) in [5, 5.41) is 8.66. The summed E-state index contributed by atoms with van der Waals surface area (Å²) in [6.07, 6.45) is 2.46. The van der Waals surface area contributed by atoms with Crippen LogP contribution in [-0.2, 0) is 4.79 Å². The van der Waals surface area contributed by atoms with E-state index in [1.165, 1.54) is 12.8 Å². The average molecular weight is 235 g/mol. The molecule has 0 unspecified atom stereocenters. The summed E-state index contributed by atoms with van der Waals surface area (Å²) in [6, 6.07) is 1.90. The van der Waals surface area contributed by atoms with Gasteiger partial charge in [-0.2, -0.15) is 0 Å². The van der Waals surface area contributed by atoms with Gasteiger partial charge in [0.25, 0.3) is 0 Å². The first-order valence-corrected chi connectivity index (χ1v) is 5.85. The number of anilines is 1. The normalized spacial score (nSPS) is 14.7. The van der Waals surface area contributed by atoms with Gasteiger partial charge in [-0.1, -0.05) is 0 Å². The van der Waals surface area contributed by atoms with Crippen LogP contribution < -0.4 is 4.90 Å². The number of hydrogen-bond acceptors (Lipinski definition) is 4. The third kappa shape index (κ3) is 3.15. The van der Waals surface area contributed by atoms with Gasteiger partial charge in [-0.25, -0.2) is 9.97 Å². The molecule has 0 aromatic carbocycles. The quantitative estimate of drug-likeness (QED) is 0.839. The van der Waals surface area contributed by atoms with E-state index >= 15 is 0 Å². The van der Waals surface area contributed by atoms with Gasteiger partial charge in [0.15, 0.2) is 0 Å². The smallest absolute Gasteiger partial charge is 0.305 e. The molecule has 1 saturated carbocycles. The largest absolute Gasteiger partial charge is 0.481 e. The first kappa shape index (κ1) is 11.8. The molecule has 1 heterocycles. The second-order valence-corrected chi connectivity index (χ2v) is 4.57.